The van der Waals surface area contributed by atoms with Crippen LogP contribution in [-0.4, -0.2) is 31.6 Å². The number of ether oxygens (including phenoxy) is 1. The number of aliphatic hydroxyl groups excluding tert-OH is 1. The van der Waals surface area contributed by atoms with E-state index in [9.17, 15) is 4.39 Å². The molecule has 0 aliphatic rings. The molecule has 0 amide bonds. The molecule has 0 unspecified atom stereocenters. The van der Waals surface area contributed by atoms with Crippen molar-refractivity contribution in [2.75, 3.05) is 26.5 Å². The summed E-state index contributed by atoms with van der Waals surface area (Å²) in [4.78, 5) is 0. The molecule has 0 aliphatic carbocycles. The predicted octanol–water partition coefficient (Wildman–Crippen LogP) is 1.14. The van der Waals surface area contributed by atoms with Crippen LogP contribution in [0.3, 0.4) is 0 Å². The minimum absolute atomic E-state index is 0.0725. The zero-order valence-electron chi connectivity index (χ0n) is 6.18. The smallest absolute Gasteiger partial charge is 0.0894 e. The summed E-state index contributed by atoms with van der Waals surface area (Å²) in [5.41, 5.74) is 0. The molecule has 0 saturated heterocycles. The van der Waals surface area contributed by atoms with E-state index in [1.807, 2.05) is 0 Å². The summed E-state index contributed by atoms with van der Waals surface area (Å²) in [5.74, 6) is 0. The fourth-order valence-electron chi connectivity index (χ4n) is 0.642. The van der Waals surface area contributed by atoms with E-state index in [2.05, 4.69) is 0 Å². The first-order valence-electron chi connectivity index (χ1n) is 3.66. The van der Waals surface area contributed by atoms with Gasteiger partial charge in [-0.3, -0.25) is 4.39 Å². The normalized spacial score (nSPS) is 10.2. The lowest BCUT2D eigenvalue weighted by Crippen LogP contribution is -2.00. The molecule has 1 N–H and O–H groups in total. The number of unbranched alkanes of at least 4 members (excludes halogenated alkanes) is 2. The van der Waals surface area contributed by atoms with Crippen LogP contribution in [0.5, 0.6) is 0 Å². The third-order valence-electron chi connectivity index (χ3n) is 1.16. The van der Waals surface area contributed by atoms with E-state index >= 15 is 0 Å². The van der Waals surface area contributed by atoms with Crippen LogP contribution in [0.25, 0.3) is 0 Å². The van der Waals surface area contributed by atoms with Crippen LogP contribution in [0.2, 0.25) is 0 Å². The third-order valence-corrected chi connectivity index (χ3v) is 1.16. The van der Waals surface area contributed by atoms with Crippen molar-refractivity contribution in [2.45, 2.75) is 19.3 Å². The van der Waals surface area contributed by atoms with Crippen molar-refractivity contribution in [2.24, 2.45) is 0 Å². The Bertz CT molecular complexity index is 51.6. The Morgan fingerprint density at radius 3 is 2.50 bits per heavy atom. The molecule has 0 aromatic carbocycles. The van der Waals surface area contributed by atoms with Gasteiger partial charge < -0.3 is 9.84 Å². The van der Waals surface area contributed by atoms with Crippen molar-refractivity contribution < 1.29 is 14.2 Å². The monoisotopic (exact) mass is 150 g/mol. The van der Waals surface area contributed by atoms with Gasteiger partial charge in [-0.1, -0.05) is 0 Å². The molecule has 3 heteroatoms. The molecule has 0 bridgehead atoms. The zero-order chi connectivity index (χ0) is 7.66. The van der Waals surface area contributed by atoms with E-state index in [0.29, 0.717) is 19.6 Å². The van der Waals surface area contributed by atoms with Gasteiger partial charge in [0, 0.05) is 6.61 Å². The zero-order valence-corrected chi connectivity index (χ0v) is 6.18. The molecule has 0 aliphatic heterocycles. The second-order valence-corrected chi connectivity index (χ2v) is 2.09. The number of halogens is 1. The summed E-state index contributed by atoms with van der Waals surface area (Å²) < 4.78 is 16.4. The summed E-state index contributed by atoms with van der Waals surface area (Å²) in [5, 5.41) is 8.28. The number of hydrogen-bond acceptors (Lipinski definition) is 2. The van der Waals surface area contributed by atoms with Crippen molar-refractivity contribution in [1.82, 2.24) is 0 Å². The summed E-state index contributed by atoms with van der Waals surface area (Å²) in [7, 11) is 0. The number of rotatable bonds is 7. The van der Waals surface area contributed by atoms with Crippen LogP contribution in [0.15, 0.2) is 0 Å². The average molecular weight is 150 g/mol. The summed E-state index contributed by atoms with van der Waals surface area (Å²) in [6.45, 7) is 0.874. The van der Waals surface area contributed by atoms with E-state index in [-0.39, 0.29) is 13.3 Å². The van der Waals surface area contributed by atoms with Crippen LogP contribution >= 0.6 is 0 Å². The highest BCUT2D eigenvalue weighted by molar-refractivity contribution is 4.38. The molecular weight excluding hydrogens is 135 g/mol. The van der Waals surface area contributed by atoms with E-state index in [1.54, 1.807) is 0 Å². The second-order valence-electron chi connectivity index (χ2n) is 2.09. The molecule has 0 aromatic rings. The fourth-order valence-corrected chi connectivity index (χ4v) is 0.642. The third kappa shape index (κ3) is 7.85. The van der Waals surface area contributed by atoms with Gasteiger partial charge in [0.15, 0.2) is 0 Å². The molecule has 0 aromatic heterocycles. The summed E-state index contributed by atoms with van der Waals surface area (Å²) >= 11 is 0. The van der Waals surface area contributed by atoms with Crippen molar-refractivity contribution in [3.05, 3.63) is 0 Å². The van der Waals surface area contributed by atoms with Gasteiger partial charge in [0.05, 0.1) is 19.9 Å². The maximum absolute atomic E-state index is 11.5. The van der Waals surface area contributed by atoms with Crippen molar-refractivity contribution in [1.29, 1.82) is 0 Å². The fraction of sp³-hybridized carbons (Fsp3) is 1.00. The highest BCUT2D eigenvalue weighted by Crippen LogP contribution is 1.95. The lowest BCUT2D eigenvalue weighted by molar-refractivity contribution is 0.0893. The lowest BCUT2D eigenvalue weighted by atomic mass is 10.3. The van der Waals surface area contributed by atoms with E-state index < -0.39 is 0 Å². The quantitative estimate of drug-likeness (QED) is 0.551. The Morgan fingerprint density at radius 2 is 1.90 bits per heavy atom. The van der Waals surface area contributed by atoms with Gasteiger partial charge in [-0.05, 0) is 19.3 Å². The Balaban J connectivity index is 2.65. The van der Waals surface area contributed by atoms with Gasteiger partial charge in [0.1, 0.15) is 0 Å². The molecule has 2 nitrogen and oxygen atoms in total. The van der Waals surface area contributed by atoms with Crippen molar-refractivity contribution >= 4 is 0 Å². The molecule has 0 spiro atoms. The second kappa shape index (κ2) is 8.85. The maximum Gasteiger partial charge on any atom is 0.0894 e. The van der Waals surface area contributed by atoms with Gasteiger partial charge >= 0.3 is 0 Å². The van der Waals surface area contributed by atoms with E-state index in [1.165, 1.54) is 0 Å². The summed E-state index contributed by atoms with van der Waals surface area (Å²) in [6.07, 6.45) is 2.40. The SMILES string of the molecule is OCCOCCCCCF. The van der Waals surface area contributed by atoms with Gasteiger partial charge in [-0.25, -0.2) is 0 Å². The Labute approximate surface area is 61.0 Å². The minimum Gasteiger partial charge on any atom is -0.394 e. The molecular formula is C7H15FO2. The van der Waals surface area contributed by atoms with Crippen LogP contribution in [0.4, 0.5) is 4.39 Å². The molecule has 0 atom stereocenters. The predicted molar refractivity (Wildman–Crippen MR) is 37.7 cm³/mol. The maximum atomic E-state index is 11.5. The lowest BCUT2D eigenvalue weighted by Gasteiger charge is -1.99. The van der Waals surface area contributed by atoms with Crippen LogP contribution in [0, 0.1) is 0 Å². The molecule has 0 rings (SSSR count). The molecule has 0 radical (unpaired) electrons. The average Bonchev–Trinajstić information content (AvgIpc) is 1.97. The van der Waals surface area contributed by atoms with Gasteiger partial charge in [-0.15, -0.1) is 0 Å². The molecule has 62 valence electrons. The Kier molecular flexibility index (Phi) is 8.72. The largest absolute Gasteiger partial charge is 0.394 e. The molecule has 10 heavy (non-hydrogen) atoms. The van der Waals surface area contributed by atoms with Gasteiger partial charge in [-0.2, -0.15) is 0 Å². The molecule has 0 saturated carbocycles. The van der Waals surface area contributed by atoms with Crippen LogP contribution in [-0.2, 0) is 4.74 Å². The highest BCUT2D eigenvalue weighted by Gasteiger charge is 1.88. The van der Waals surface area contributed by atoms with Crippen LogP contribution in [0.1, 0.15) is 19.3 Å². The Hall–Kier alpha value is -0.150. The number of alkyl halides is 1. The number of aliphatic hydroxyl groups is 1. The van der Waals surface area contributed by atoms with Crippen molar-refractivity contribution in [3.63, 3.8) is 0 Å². The minimum atomic E-state index is -0.236. The first kappa shape index (κ1) is 9.85. The molecule has 0 fully saturated rings. The van der Waals surface area contributed by atoms with Crippen LogP contribution < -0.4 is 0 Å². The first-order valence-corrected chi connectivity index (χ1v) is 3.66. The summed E-state index contributed by atoms with van der Waals surface area (Å²) in [6, 6.07) is 0. The number of hydrogen-bond donors (Lipinski definition) is 1. The molecule has 0 heterocycles. The standard InChI is InChI=1S/C7H15FO2/c8-4-2-1-3-6-10-7-5-9/h9H,1-7H2. The highest BCUT2D eigenvalue weighted by atomic mass is 19.1. The van der Waals surface area contributed by atoms with E-state index in [0.717, 1.165) is 12.8 Å². The Morgan fingerprint density at radius 1 is 1.10 bits per heavy atom. The topological polar surface area (TPSA) is 29.5 Å². The van der Waals surface area contributed by atoms with E-state index in [4.69, 9.17) is 9.84 Å². The first-order chi connectivity index (χ1) is 4.91. The van der Waals surface area contributed by atoms with Crippen molar-refractivity contribution in [3.8, 4) is 0 Å². The van der Waals surface area contributed by atoms with Gasteiger partial charge in [0.2, 0.25) is 0 Å². The van der Waals surface area contributed by atoms with Gasteiger partial charge in [0.25, 0.3) is 0 Å².